The van der Waals surface area contributed by atoms with Gasteiger partial charge in [-0.2, -0.15) is 0 Å². The number of carbonyl (C=O) groups is 3. The highest BCUT2D eigenvalue weighted by Gasteiger charge is 2.34. The van der Waals surface area contributed by atoms with Gasteiger partial charge in [0.25, 0.3) is 0 Å². The van der Waals surface area contributed by atoms with Crippen LogP contribution in [0.4, 0.5) is 0 Å². The Hall–Kier alpha value is -1.63. The van der Waals surface area contributed by atoms with Crippen LogP contribution in [-0.4, -0.2) is 53.0 Å². The summed E-state index contributed by atoms with van der Waals surface area (Å²) in [5.41, 5.74) is 5.32. The van der Waals surface area contributed by atoms with Crippen LogP contribution in [0.1, 0.15) is 72.1 Å². The zero-order valence-corrected chi connectivity index (χ0v) is 17.1. The molecule has 0 aromatic heterocycles. The fraction of sp³-hybridized carbons (Fsp3) is 0.850. The summed E-state index contributed by atoms with van der Waals surface area (Å²) >= 11 is 0. The first-order valence-corrected chi connectivity index (χ1v) is 10.3. The standard InChI is InChI=1S/C20H37N3O4/c1-4-5-6-8-15(12-18(21)25)19(26)22-17(11-14(2)3)20(27)23-10-7-9-16(23)13-24/h14-17,24H,4-13H2,1-3H3,(H2,21,25)(H,22,26). The third-order valence-electron chi connectivity index (χ3n) is 5.17. The summed E-state index contributed by atoms with van der Waals surface area (Å²) in [7, 11) is 0. The maximum Gasteiger partial charge on any atom is 0.245 e. The minimum Gasteiger partial charge on any atom is -0.394 e. The van der Waals surface area contributed by atoms with E-state index in [2.05, 4.69) is 12.2 Å². The molecule has 3 amide bonds. The Bertz CT molecular complexity index is 496. The molecule has 1 fully saturated rings. The summed E-state index contributed by atoms with van der Waals surface area (Å²) in [6.45, 7) is 6.63. The number of primary amides is 1. The van der Waals surface area contributed by atoms with E-state index in [0.29, 0.717) is 19.4 Å². The van der Waals surface area contributed by atoms with Gasteiger partial charge in [-0.1, -0.05) is 40.0 Å². The second kappa shape index (κ2) is 12.0. The van der Waals surface area contributed by atoms with Crippen LogP contribution >= 0.6 is 0 Å². The molecule has 3 unspecified atom stereocenters. The maximum atomic E-state index is 13.0. The molecule has 0 aromatic rings. The molecule has 3 atom stereocenters. The highest BCUT2D eigenvalue weighted by Crippen LogP contribution is 2.21. The second-order valence-electron chi connectivity index (χ2n) is 8.06. The molecule has 0 aromatic carbocycles. The number of hydrogen-bond donors (Lipinski definition) is 3. The first kappa shape index (κ1) is 23.4. The van der Waals surface area contributed by atoms with E-state index in [-0.39, 0.29) is 36.8 Å². The van der Waals surface area contributed by atoms with Gasteiger partial charge in [0.1, 0.15) is 6.04 Å². The SMILES string of the molecule is CCCCCC(CC(N)=O)C(=O)NC(CC(C)C)C(=O)N1CCCC1CO. The molecule has 156 valence electrons. The van der Waals surface area contributed by atoms with Gasteiger partial charge >= 0.3 is 0 Å². The molecule has 1 aliphatic heterocycles. The first-order chi connectivity index (χ1) is 12.8. The lowest BCUT2D eigenvalue weighted by atomic mass is 9.95. The number of nitrogens with one attached hydrogen (secondary N) is 1. The van der Waals surface area contributed by atoms with E-state index in [1.807, 2.05) is 13.8 Å². The molecular weight excluding hydrogens is 346 g/mol. The van der Waals surface area contributed by atoms with Crippen molar-refractivity contribution in [2.24, 2.45) is 17.6 Å². The van der Waals surface area contributed by atoms with Crippen LogP contribution in [-0.2, 0) is 14.4 Å². The van der Waals surface area contributed by atoms with Gasteiger partial charge in [-0.25, -0.2) is 0 Å². The smallest absolute Gasteiger partial charge is 0.245 e. The minimum absolute atomic E-state index is 0.00111. The van der Waals surface area contributed by atoms with Gasteiger partial charge in [0.15, 0.2) is 0 Å². The van der Waals surface area contributed by atoms with Gasteiger partial charge < -0.3 is 21.1 Å². The van der Waals surface area contributed by atoms with Crippen LogP contribution in [0, 0.1) is 11.8 Å². The van der Waals surface area contributed by atoms with E-state index in [4.69, 9.17) is 5.73 Å². The molecule has 4 N–H and O–H groups in total. The summed E-state index contributed by atoms with van der Waals surface area (Å²) in [5, 5.41) is 12.4. The van der Waals surface area contributed by atoms with E-state index >= 15 is 0 Å². The van der Waals surface area contributed by atoms with Crippen molar-refractivity contribution in [3.05, 3.63) is 0 Å². The number of nitrogens with two attached hydrogens (primary N) is 1. The summed E-state index contributed by atoms with van der Waals surface area (Å²) < 4.78 is 0. The fourth-order valence-electron chi connectivity index (χ4n) is 3.71. The largest absolute Gasteiger partial charge is 0.394 e. The average molecular weight is 384 g/mol. The zero-order valence-electron chi connectivity index (χ0n) is 17.1. The van der Waals surface area contributed by atoms with Crippen LogP contribution < -0.4 is 11.1 Å². The molecular formula is C20H37N3O4. The lowest BCUT2D eigenvalue weighted by Gasteiger charge is -2.30. The van der Waals surface area contributed by atoms with Crippen molar-refractivity contribution in [2.45, 2.75) is 84.2 Å². The third-order valence-corrected chi connectivity index (χ3v) is 5.17. The highest BCUT2D eigenvalue weighted by atomic mass is 16.3. The minimum atomic E-state index is -0.633. The predicted octanol–water partition coefficient (Wildman–Crippen LogP) is 1.57. The van der Waals surface area contributed by atoms with E-state index in [9.17, 15) is 19.5 Å². The zero-order chi connectivity index (χ0) is 20.4. The Kier molecular flexibility index (Phi) is 10.4. The van der Waals surface area contributed by atoms with Crippen molar-refractivity contribution in [2.75, 3.05) is 13.2 Å². The van der Waals surface area contributed by atoms with Crippen LogP contribution in [0.25, 0.3) is 0 Å². The highest BCUT2D eigenvalue weighted by molar-refractivity contribution is 5.90. The molecule has 0 bridgehead atoms. The van der Waals surface area contributed by atoms with Crippen molar-refractivity contribution < 1.29 is 19.5 Å². The van der Waals surface area contributed by atoms with Gasteiger partial charge in [0.05, 0.1) is 12.6 Å². The molecule has 7 heteroatoms. The van der Waals surface area contributed by atoms with Gasteiger partial charge in [-0.15, -0.1) is 0 Å². The Morgan fingerprint density at radius 3 is 2.52 bits per heavy atom. The number of hydrogen-bond acceptors (Lipinski definition) is 4. The normalized spacial score (nSPS) is 19.1. The number of carbonyl (C=O) groups excluding carboxylic acids is 3. The van der Waals surface area contributed by atoms with E-state index < -0.39 is 17.9 Å². The monoisotopic (exact) mass is 383 g/mol. The lowest BCUT2D eigenvalue weighted by Crippen LogP contribution is -2.52. The summed E-state index contributed by atoms with van der Waals surface area (Å²) in [6, 6.07) is -0.804. The second-order valence-corrected chi connectivity index (χ2v) is 8.06. The Labute approximate surface area is 163 Å². The number of unbranched alkanes of at least 4 members (excludes halogenated alkanes) is 2. The number of likely N-dealkylation sites (tertiary alicyclic amines) is 1. The third kappa shape index (κ3) is 7.87. The van der Waals surface area contributed by atoms with E-state index in [1.54, 1.807) is 4.90 Å². The van der Waals surface area contributed by atoms with Crippen LogP contribution in [0.2, 0.25) is 0 Å². The number of aliphatic hydroxyl groups is 1. The summed E-state index contributed by atoms with van der Waals surface area (Å²) in [5.74, 6) is -1.19. The molecule has 0 saturated carbocycles. The molecule has 0 spiro atoms. The van der Waals surface area contributed by atoms with Gasteiger partial charge in [-0.05, 0) is 31.6 Å². The van der Waals surface area contributed by atoms with Crippen molar-refractivity contribution in [1.29, 1.82) is 0 Å². The molecule has 1 aliphatic rings. The molecule has 0 radical (unpaired) electrons. The molecule has 1 rings (SSSR count). The Morgan fingerprint density at radius 1 is 1.26 bits per heavy atom. The number of rotatable bonds is 12. The Morgan fingerprint density at radius 2 is 1.96 bits per heavy atom. The van der Waals surface area contributed by atoms with Crippen molar-refractivity contribution in [3.63, 3.8) is 0 Å². The number of aliphatic hydroxyl groups excluding tert-OH is 1. The number of amides is 3. The molecule has 1 heterocycles. The Balaban J connectivity index is 2.83. The van der Waals surface area contributed by atoms with Crippen LogP contribution in [0.15, 0.2) is 0 Å². The van der Waals surface area contributed by atoms with Crippen LogP contribution in [0.3, 0.4) is 0 Å². The average Bonchev–Trinajstić information content (AvgIpc) is 3.07. The quantitative estimate of drug-likeness (QED) is 0.444. The predicted molar refractivity (Wildman–Crippen MR) is 105 cm³/mol. The molecule has 7 nitrogen and oxygen atoms in total. The van der Waals surface area contributed by atoms with Gasteiger partial charge in [0.2, 0.25) is 17.7 Å². The molecule has 27 heavy (non-hydrogen) atoms. The summed E-state index contributed by atoms with van der Waals surface area (Å²) in [6.07, 6.45) is 5.63. The topological polar surface area (TPSA) is 113 Å². The van der Waals surface area contributed by atoms with Crippen molar-refractivity contribution in [3.8, 4) is 0 Å². The lowest BCUT2D eigenvalue weighted by molar-refractivity contribution is -0.139. The molecule has 1 saturated heterocycles. The van der Waals surface area contributed by atoms with Gasteiger partial charge in [0, 0.05) is 18.9 Å². The van der Waals surface area contributed by atoms with Crippen molar-refractivity contribution >= 4 is 17.7 Å². The first-order valence-electron chi connectivity index (χ1n) is 10.3. The van der Waals surface area contributed by atoms with Crippen molar-refractivity contribution in [1.82, 2.24) is 10.2 Å². The van der Waals surface area contributed by atoms with Crippen LogP contribution in [0.5, 0.6) is 0 Å². The summed E-state index contributed by atoms with van der Waals surface area (Å²) in [4.78, 5) is 38.9. The number of nitrogens with zero attached hydrogens (tertiary/aromatic N) is 1. The fourth-order valence-corrected chi connectivity index (χ4v) is 3.71. The van der Waals surface area contributed by atoms with Gasteiger partial charge in [-0.3, -0.25) is 14.4 Å². The van der Waals surface area contributed by atoms with E-state index in [1.165, 1.54) is 0 Å². The maximum absolute atomic E-state index is 13.0. The molecule has 0 aliphatic carbocycles. The van der Waals surface area contributed by atoms with E-state index in [0.717, 1.165) is 32.1 Å².